The van der Waals surface area contributed by atoms with Gasteiger partial charge in [0.05, 0.1) is 5.52 Å². The van der Waals surface area contributed by atoms with Crippen LogP contribution in [0, 0.1) is 17.6 Å². The van der Waals surface area contributed by atoms with Gasteiger partial charge in [-0.15, -0.1) is 0 Å². The SMILES string of the molecule is Nc1nc2ccc(F)c(F)c2n1CC1CC1. The van der Waals surface area contributed by atoms with Crippen molar-refractivity contribution >= 4 is 17.0 Å². The molecular weight excluding hydrogens is 212 g/mol. The summed E-state index contributed by atoms with van der Waals surface area (Å²) in [5.74, 6) is -0.930. The standard InChI is InChI=1S/C11H11F2N3/c12-7-3-4-8-10(9(7)13)16(11(14)15-8)5-6-1-2-6/h3-4,6H,1-2,5H2,(H2,14,15). The second kappa shape index (κ2) is 3.17. The first kappa shape index (κ1) is 9.57. The molecule has 0 radical (unpaired) electrons. The number of halogens is 2. The quantitative estimate of drug-likeness (QED) is 0.849. The van der Waals surface area contributed by atoms with E-state index < -0.39 is 11.6 Å². The number of rotatable bonds is 2. The number of imidazole rings is 1. The Balaban J connectivity index is 2.23. The van der Waals surface area contributed by atoms with Gasteiger partial charge < -0.3 is 10.3 Å². The number of benzene rings is 1. The maximum absolute atomic E-state index is 13.7. The molecule has 0 aliphatic heterocycles. The molecule has 0 unspecified atom stereocenters. The van der Waals surface area contributed by atoms with Gasteiger partial charge >= 0.3 is 0 Å². The van der Waals surface area contributed by atoms with E-state index in [1.54, 1.807) is 4.57 Å². The molecule has 0 spiro atoms. The average molecular weight is 223 g/mol. The summed E-state index contributed by atoms with van der Waals surface area (Å²) in [6.07, 6.45) is 2.24. The predicted molar refractivity (Wildman–Crippen MR) is 56.8 cm³/mol. The molecule has 1 fully saturated rings. The Hall–Kier alpha value is -1.65. The average Bonchev–Trinajstić information content (AvgIpc) is 3.00. The Labute approximate surface area is 90.9 Å². The normalized spacial score (nSPS) is 15.9. The summed E-state index contributed by atoms with van der Waals surface area (Å²) in [4.78, 5) is 4.03. The van der Waals surface area contributed by atoms with Gasteiger partial charge in [-0.1, -0.05) is 0 Å². The van der Waals surface area contributed by atoms with Crippen molar-refractivity contribution in [3.63, 3.8) is 0 Å². The summed E-state index contributed by atoms with van der Waals surface area (Å²) < 4.78 is 28.4. The van der Waals surface area contributed by atoms with E-state index in [0.29, 0.717) is 18.0 Å². The van der Waals surface area contributed by atoms with E-state index in [2.05, 4.69) is 4.98 Å². The van der Waals surface area contributed by atoms with Crippen molar-refractivity contribution in [2.75, 3.05) is 5.73 Å². The van der Waals surface area contributed by atoms with E-state index in [1.807, 2.05) is 0 Å². The number of hydrogen-bond acceptors (Lipinski definition) is 2. The predicted octanol–water partition coefficient (Wildman–Crippen LogP) is 2.31. The topological polar surface area (TPSA) is 43.8 Å². The molecule has 1 aliphatic carbocycles. The van der Waals surface area contributed by atoms with Crippen LogP contribution in [0.2, 0.25) is 0 Å². The maximum Gasteiger partial charge on any atom is 0.201 e. The number of nitrogens with zero attached hydrogens (tertiary/aromatic N) is 2. The van der Waals surface area contributed by atoms with E-state index in [9.17, 15) is 8.78 Å². The molecule has 3 rings (SSSR count). The van der Waals surface area contributed by atoms with Crippen LogP contribution < -0.4 is 5.73 Å². The van der Waals surface area contributed by atoms with Gasteiger partial charge in [-0.3, -0.25) is 0 Å². The summed E-state index contributed by atoms with van der Waals surface area (Å²) in [7, 11) is 0. The van der Waals surface area contributed by atoms with Crippen LogP contribution in [0.15, 0.2) is 12.1 Å². The molecule has 1 aromatic carbocycles. The first-order valence-corrected chi connectivity index (χ1v) is 5.26. The number of hydrogen-bond donors (Lipinski definition) is 1. The van der Waals surface area contributed by atoms with Gasteiger partial charge in [0.2, 0.25) is 5.95 Å². The van der Waals surface area contributed by atoms with Crippen molar-refractivity contribution in [3.8, 4) is 0 Å². The molecule has 0 bridgehead atoms. The van der Waals surface area contributed by atoms with E-state index in [0.717, 1.165) is 18.9 Å². The summed E-state index contributed by atoms with van der Waals surface area (Å²) >= 11 is 0. The highest BCUT2D eigenvalue weighted by molar-refractivity contribution is 5.79. The molecule has 84 valence electrons. The molecule has 0 saturated heterocycles. The molecule has 2 N–H and O–H groups in total. The van der Waals surface area contributed by atoms with Crippen molar-refractivity contribution in [3.05, 3.63) is 23.8 Å². The summed E-state index contributed by atoms with van der Waals surface area (Å²) in [6, 6.07) is 2.53. The second-order valence-corrected chi connectivity index (χ2v) is 4.25. The van der Waals surface area contributed by atoms with Crippen molar-refractivity contribution in [1.82, 2.24) is 9.55 Å². The van der Waals surface area contributed by atoms with E-state index in [4.69, 9.17) is 5.73 Å². The number of aromatic nitrogens is 2. The zero-order valence-corrected chi connectivity index (χ0v) is 8.58. The Bertz CT molecular complexity index is 558. The first-order chi connectivity index (χ1) is 7.66. The minimum atomic E-state index is -0.859. The van der Waals surface area contributed by atoms with Gasteiger partial charge in [-0.25, -0.2) is 13.8 Å². The van der Waals surface area contributed by atoms with Gasteiger partial charge in [0.25, 0.3) is 0 Å². The van der Waals surface area contributed by atoms with Crippen LogP contribution in [0.3, 0.4) is 0 Å². The lowest BCUT2D eigenvalue weighted by Crippen LogP contribution is -2.06. The molecule has 1 aromatic heterocycles. The van der Waals surface area contributed by atoms with E-state index >= 15 is 0 Å². The molecule has 5 heteroatoms. The molecule has 0 amide bonds. The smallest absolute Gasteiger partial charge is 0.201 e. The molecule has 2 aromatic rings. The molecule has 1 heterocycles. The fraction of sp³-hybridized carbons (Fsp3) is 0.364. The summed E-state index contributed by atoms with van der Waals surface area (Å²) in [6.45, 7) is 0.628. The molecule has 0 atom stereocenters. The third-order valence-corrected chi connectivity index (χ3v) is 2.97. The number of nitrogens with two attached hydrogens (primary N) is 1. The highest BCUT2D eigenvalue weighted by Crippen LogP contribution is 2.33. The van der Waals surface area contributed by atoms with Crippen LogP contribution in [0.1, 0.15) is 12.8 Å². The zero-order chi connectivity index (χ0) is 11.3. The second-order valence-electron chi connectivity index (χ2n) is 4.25. The molecule has 3 nitrogen and oxygen atoms in total. The maximum atomic E-state index is 13.7. The molecular formula is C11H11F2N3. The third kappa shape index (κ3) is 1.35. The number of fused-ring (bicyclic) bond motifs is 1. The summed E-state index contributed by atoms with van der Waals surface area (Å²) in [5.41, 5.74) is 6.31. The van der Waals surface area contributed by atoms with Crippen LogP contribution in [0.25, 0.3) is 11.0 Å². The van der Waals surface area contributed by atoms with Gasteiger partial charge in [0.1, 0.15) is 5.52 Å². The lowest BCUT2D eigenvalue weighted by molar-refractivity contribution is 0.509. The molecule has 1 aliphatic rings. The Morgan fingerprint density at radius 1 is 1.38 bits per heavy atom. The van der Waals surface area contributed by atoms with Crippen molar-refractivity contribution in [2.24, 2.45) is 5.92 Å². The number of nitrogen functional groups attached to an aromatic ring is 1. The van der Waals surface area contributed by atoms with Crippen LogP contribution in [-0.4, -0.2) is 9.55 Å². The van der Waals surface area contributed by atoms with Crippen LogP contribution in [-0.2, 0) is 6.54 Å². The number of anilines is 1. The highest BCUT2D eigenvalue weighted by atomic mass is 19.2. The van der Waals surface area contributed by atoms with Crippen molar-refractivity contribution in [2.45, 2.75) is 19.4 Å². The van der Waals surface area contributed by atoms with Crippen molar-refractivity contribution in [1.29, 1.82) is 0 Å². The minimum absolute atomic E-state index is 0.185. The fourth-order valence-electron chi connectivity index (χ4n) is 1.92. The third-order valence-electron chi connectivity index (χ3n) is 2.97. The fourth-order valence-corrected chi connectivity index (χ4v) is 1.92. The summed E-state index contributed by atoms with van der Waals surface area (Å²) in [5, 5.41) is 0. The van der Waals surface area contributed by atoms with Crippen LogP contribution in [0.4, 0.5) is 14.7 Å². The molecule has 1 saturated carbocycles. The van der Waals surface area contributed by atoms with E-state index in [1.165, 1.54) is 6.07 Å². The van der Waals surface area contributed by atoms with Crippen molar-refractivity contribution < 1.29 is 8.78 Å². The minimum Gasteiger partial charge on any atom is -0.369 e. The van der Waals surface area contributed by atoms with Crippen LogP contribution >= 0.6 is 0 Å². The van der Waals surface area contributed by atoms with E-state index in [-0.39, 0.29) is 11.5 Å². The van der Waals surface area contributed by atoms with Crippen LogP contribution in [0.5, 0.6) is 0 Å². The Morgan fingerprint density at radius 3 is 2.81 bits per heavy atom. The van der Waals surface area contributed by atoms with Gasteiger partial charge in [0, 0.05) is 6.54 Å². The largest absolute Gasteiger partial charge is 0.369 e. The Kier molecular flexibility index (Phi) is 1.89. The molecule has 16 heavy (non-hydrogen) atoms. The lowest BCUT2D eigenvalue weighted by atomic mass is 10.3. The first-order valence-electron chi connectivity index (χ1n) is 5.26. The van der Waals surface area contributed by atoms with Gasteiger partial charge in [-0.2, -0.15) is 0 Å². The Morgan fingerprint density at radius 2 is 2.12 bits per heavy atom. The highest BCUT2D eigenvalue weighted by Gasteiger charge is 2.25. The van der Waals surface area contributed by atoms with Gasteiger partial charge in [0.15, 0.2) is 11.6 Å². The monoisotopic (exact) mass is 223 g/mol. The zero-order valence-electron chi connectivity index (χ0n) is 8.58. The lowest BCUT2D eigenvalue weighted by Gasteiger charge is -2.05. The van der Waals surface area contributed by atoms with Gasteiger partial charge in [-0.05, 0) is 30.9 Å².